The van der Waals surface area contributed by atoms with E-state index >= 15 is 0 Å². The number of amides is 1. The number of carbonyl (C=O) groups is 1. The molecule has 2 aromatic rings. The Morgan fingerprint density at radius 2 is 2.23 bits per heavy atom. The van der Waals surface area contributed by atoms with Crippen LogP contribution in [0.4, 0.5) is 0 Å². The third kappa shape index (κ3) is 1.18. The minimum absolute atomic E-state index is 0.414. The van der Waals surface area contributed by atoms with Gasteiger partial charge < -0.3 is 10.2 Å². The van der Waals surface area contributed by atoms with E-state index in [0.29, 0.717) is 5.56 Å². The van der Waals surface area contributed by atoms with Crippen LogP contribution in [-0.2, 0) is 0 Å². The molecule has 0 spiro atoms. The smallest absolute Gasteiger partial charge is 0.248 e. The van der Waals surface area contributed by atoms with Crippen molar-refractivity contribution in [3.05, 3.63) is 35.6 Å². The first-order valence-electron chi connectivity index (χ1n) is 3.96. The molecule has 1 amide bonds. The van der Waals surface area contributed by atoms with E-state index in [1.54, 1.807) is 24.5 Å². The van der Waals surface area contributed by atoms with Crippen LogP contribution in [0.25, 0.3) is 11.0 Å². The Morgan fingerprint density at radius 1 is 1.46 bits per heavy atom. The molecule has 1 heterocycles. The van der Waals surface area contributed by atoms with Crippen LogP contribution in [0.2, 0.25) is 0 Å². The molecule has 1 aromatic carbocycles. The van der Waals surface area contributed by atoms with Crippen molar-refractivity contribution in [3.63, 3.8) is 0 Å². The van der Waals surface area contributed by atoms with E-state index in [-0.39, 0.29) is 0 Å². The van der Waals surface area contributed by atoms with Crippen molar-refractivity contribution >= 4 is 16.9 Å². The van der Waals surface area contributed by atoms with Crippen LogP contribution in [0.5, 0.6) is 0 Å². The van der Waals surface area contributed by atoms with Crippen LogP contribution >= 0.6 is 0 Å². The number of primary amides is 1. The number of furan rings is 1. The Balaban J connectivity index is 2.72. The van der Waals surface area contributed by atoms with Gasteiger partial charge in [0.15, 0.2) is 0 Å². The lowest BCUT2D eigenvalue weighted by molar-refractivity contribution is 0.100. The first-order valence-corrected chi connectivity index (χ1v) is 3.96. The molecule has 1 aromatic heterocycles. The third-order valence-electron chi connectivity index (χ3n) is 2.05. The number of hydrogen-bond donors (Lipinski definition) is 1. The highest BCUT2D eigenvalue weighted by Gasteiger charge is 2.05. The standard InChI is InChI=1S/C10H9NO2/c1-6-5-13-9-3-2-7(10(11)12)4-8(6)9/h2-5H,1H3,(H2,11,12). The van der Waals surface area contributed by atoms with Crippen LogP contribution in [0.15, 0.2) is 28.9 Å². The number of hydrogen-bond acceptors (Lipinski definition) is 2. The third-order valence-corrected chi connectivity index (χ3v) is 2.05. The molecule has 3 nitrogen and oxygen atoms in total. The van der Waals surface area contributed by atoms with Gasteiger partial charge in [-0.1, -0.05) is 0 Å². The number of aryl methyl sites for hydroxylation is 1. The minimum atomic E-state index is -0.414. The van der Waals surface area contributed by atoms with E-state index in [2.05, 4.69) is 0 Å². The van der Waals surface area contributed by atoms with Crippen LogP contribution < -0.4 is 5.73 Å². The van der Waals surface area contributed by atoms with Gasteiger partial charge in [-0.25, -0.2) is 0 Å². The lowest BCUT2D eigenvalue weighted by Gasteiger charge is -1.94. The molecule has 2 rings (SSSR count). The van der Waals surface area contributed by atoms with E-state index in [1.165, 1.54) is 0 Å². The summed E-state index contributed by atoms with van der Waals surface area (Å²) in [7, 11) is 0. The molecule has 0 aliphatic carbocycles. The fourth-order valence-corrected chi connectivity index (χ4v) is 1.31. The second-order valence-electron chi connectivity index (χ2n) is 2.99. The summed E-state index contributed by atoms with van der Waals surface area (Å²) in [6, 6.07) is 5.16. The van der Waals surface area contributed by atoms with Crippen LogP contribution in [0.3, 0.4) is 0 Å². The van der Waals surface area contributed by atoms with E-state index in [4.69, 9.17) is 10.2 Å². The van der Waals surface area contributed by atoms with Gasteiger partial charge in [0.2, 0.25) is 5.91 Å². The molecule has 0 aliphatic heterocycles. The number of carbonyl (C=O) groups excluding carboxylic acids is 1. The van der Waals surface area contributed by atoms with Gasteiger partial charge >= 0.3 is 0 Å². The monoisotopic (exact) mass is 175 g/mol. The zero-order valence-corrected chi connectivity index (χ0v) is 7.20. The molecule has 0 atom stereocenters. The van der Waals surface area contributed by atoms with Crippen LogP contribution in [0.1, 0.15) is 15.9 Å². The molecule has 0 saturated heterocycles. The number of nitrogens with two attached hydrogens (primary N) is 1. The van der Waals surface area contributed by atoms with Crippen LogP contribution in [0, 0.1) is 6.92 Å². The Kier molecular flexibility index (Phi) is 1.59. The number of benzene rings is 1. The second-order valence-corrected chi connectivity index (χ2v) is 2.99. The summed E-state index contributed by atoms with van der Waals surface area (Å²) in [5.74, 6) is -0.414. The van der Waals surface area contributed by atoms with Crippen molar-refractivity contribution in [1.82, 2.24) is 0 Å². The SMILES string of the molecule is Cc1coc2ccc(C(N)=O)cc12. The van der Waals surface area contributed by atoms with Crippen molar-refractivity contribution in [2.75, 3.05) is 0 Å². The average molecular weight is 175 g/mol. The van der Waals surface area contributed by atoms with Crippen molar-refractivity contribution < 1.29 is 9.21 Å². The molecule has 13 heavy (non-hydrogen) atoms. The van der Waals surface area contributed by atoms with Gasteiger partial charge in [0.1, 0.15) is 5.58 Å². The molecule has 0 fully saturated rings. The minimum Gasteiger partial charge on any atom is -0.464 e. The van der Waals surface area contributed by atoms with E-state index < -0.39 is 5.91 Å². The largest absolute Gasteiger partial charge is 0.464 e. The average Bonchev–Trinajstić information content (AvgIpc) is 2.47. The summed E-state index contributed by atoms with van der Waals surface area (Å²) in [4.78, 5) is 10.9. The van der Waals surface area contributed by atoms with E-state index in [0.717, 1.165) is 16.5 Å². The van der Waals surface area contributed by atoms with Gasteiger partial charge in [0.25, 0.3) is 0 Å². The van der Waals surface area contributed by atoms with Crippen LogP contribution in [-0.4, -0.2) is 5.91 Å². The number of rotatable bonds is 1. The van der Waals surface area contributed by atoms with Gasteiger partial charge in [-0.15, -0.1) is 0 Å². The van der Waals surface area contributed by atoms with E-state index in [9.17, 15) is 4.79 Å². The fourth-order valence-electron chi connectivity index (χ4n) is 1.31. The normalized spacial score (nSPS) is 10.5. The molecule has 0 unspecified atom stereocenters. The maximum absolute atomic E-state index is 10.9. The Hall–Kier alpha value is -1.77. The number of fused-ring (bicyclic) bond motifs is 1. The molecule has 66 valence electrons. The predicted molar refractivity (Wildman–Crippen MR) is 49.5 cm³/mol. The van der Waals surface area contributed by atoms with Crippen molar-refractivity contribution in [2.45, 2.75) is 6.92 Å². The second kappa shape index (κ2) is 2.62. The van der Waals surface area contributed by atoms with Crippen molar-refractivity contribution in [3.8, 4) is 0 Å². The topological polar surface area (TPSA) is 56.2 Å². The Labute approximate surface area is 75.1 Å². The highest BCUT2D eigenvalue weighted by atomic mass is 16.3. The first kappa shape index (κ1) is 7.86. The van der Waals surface area contributed by atoms with E-state index in [1.807, 2.05) is 6.92 Å². The lowest BCUT2D eigenvalue weighted by Crippen LogP contribution is -2.10. The summed E-state index contributed by atoms with van der Waals surface area (Å²) in [6.07, 6.45) is 1.66. The quantitative estimate of drug-likeness (QED) is 0.718. The Bertz CT molecular complexity index is 471. The van der Waals surface area contributed by atoms with Gasteiger partial charge in [0, 0.05) is 10.9 Å². The summed E-state index contributed by atoms with van der Waals surface area (Å²) < 4.78 is 5.23. The molecular weight excluding hydrogens is 166 g/mol. The molecule has 0 radical (unpaired) electrons. The van der Waals surface area contributed by atoms with Crippen molar-refractivity contribution in [2.24, 2.45) is 5.73 Å². The maximum atomic E-state index is 10.9. The summed E-state index contributed by atoms with van der Waals surface area (Å²) in [5, 5.41) is 0.941. The maximum Gasteiger partial charge on any atom is 0.248 e. The van der Waals surface area contributed by atoms with Gasteiger partial charge in [-0.3, -0.25) is 4.79 Å². The zero-order chi connectivity index (χ0) is 9.42. The fraction of sp³-hybridized carbons (Fsp3) is 0.100. The Morgan fingerprint density at radius 3 is 2.92 bits per heavy atom. The van der Waals surface area contributed by atoms with Gasteiger partial charge in [-0.2, -0.15) is 0 Å². The van der Waals surface area contributed by atoms with Gasteiger partial charge in [-0.05, 0) is 30.7 Å². The van der Waals surface area contributed by atoms with Crippen molar-refractivity contribution in [1.29, 1.82) is 0 Å². The first-order chi connectivity index (χ1) is 6.18. The molecule has 0 saturated carbocycles. The highest BCUT2D eigenvalue weighted by Crippen LogP contribution is 2.21. The van der Waals surface area contributed by atoms with Gasteiger partial charge in [0.05, 0.1) is 6.26 Å². The summed E-state index contributed by atoms with van der Waals surface area (Å²) in [5.41, 5.74) is 7.46. The highest BCUT2D eigenvalue weighted by molar-refractivity contribution is 5.97. The zero-order valence-electron chi connectivity index (χ0n) is 7.20. The summed E-state index contributed by atoms with van der Waals surface area (Å²) in [6.45, 7) is 1.93. The molecule has 3 heteroatoms. The summed E-state index contributed by atoms with van der Waals surface area (Å²) >= 11 is 0. The molecule has 0 aliphatic rings. The molecular formula is C10H9NO2. The molecule has 2 N–H and O–H groups in total. The molecule has 0 bridgehead atoms. The lowest BCUT2D eigenvalue weighted by atomic mass is 10.1. The predicted octanol–water partition coefficient (Wildman–Crippen LogP) is 1.84.